The third kappa shape index (κ3) is 1.91. The van der Waals surface area contributed by atoms with E-state index in [2.05, 4.69) is 4.74 Å². The van der Waals surface area contributed by atoms with Crippen LogP contribution in [0.5, 0.6) is 0 Å². The SMILES string of the molecule is COC(=O)c1ccccc1C1=COC=CO1. The standard InChI is InChI=1S/C12H10O4/c1-14-12(13)10-5-3-2-4-9(10)11-8-15-6-7-16-11/h2-8H,1H3. The van der Waals surface area contributed by atoms with Crippen molar-refractivity contribution >= 4 is 11.7 Å². The molecule has 4 nitrogen and oxygen atoms in total. The number of ether oxygens (including phenoxy) is 3. The maximum Gasteiger partial charge on any atom is 0.338 e. The zero-order chi connectivity index (χ0) is 11.4. The van der Waals surface area contributed by atoms with Gasteiger partial charge in [-0.25, -0.2) is 4.79 Å². The Balaban J connectivity index is 2.40. The second-order valence-electron chi connectivity index (χ2n) is 3.05. The summed E-state index contributed by atoms with van der Waals surface area (Å²) < 4.78 is 14.9. The minimum atomic E-state index is -0.408. The molecule has 0 aliphatic carbocycles. The first kappa shape index (κ1) is 10.3. The third-order valence-electron chi connectivity index (χ3n) is 2.10. The van der Waals surface area contributed by atoms with Gasteiger partial charge < -0.3 is 14.2 Å². The minimum Gasteiger partial charge on any atom is -0.465 e. The molecule has 0 unspecified atom stereocenters. The number of benzene rings is 1. The summed E-state index contributed by atoms with van der Waals surface area (Å²) in [4.78, 5) is 11.5. The normalized spacial score (nSPS) is 13.4. The van der Waals surface area contributed by atoms with Crippen LogP contribution >= 0.6 is 0 Å². The topological polar surface area (TPSA) is 44.8 Å². The van der Waals surface area contributed by atoms with Gasteiger partial charge in [0.15, 0.2) is 5.76 Å². The van der Waals surface area contributed by atoms with E-state index in [1.165, 1.54) is 25.9 Å². The molecule has 0 saturated heterocycles. The summed E-state index contributed by atoms with van der Waals surface area (Å²) in [6, 6.07) is 7.00. The first-order valence-corrected chi connectivity index (χ1v) is 4.68. The molecule has 2 rings (SSSR count). The molecular weight excluding hydrogens is 208 g/mol. The fourth-order valence-electron chi connectivity index (χ4n) is 1.37. The largest absolute Gasteiger partial charge is 0.465 e. The van der Waals surface area contributed by atoms with E-state index in [0.29, 0.717) is 16.9 Å². The Labute approximate surface area is 92.7 Å². The number of hydrogen-bond acceptors (Lipinski definition) is 4. The van der Waals surface area contributed by atoms with E-state index in [9.17, 15) is 4.79 Å². The summed E-state index contributed by atoms with van der Waals surface area (Å²) in [5, 5.41) is 0. The highest BCUT2D eigenvalue weighted by Gasteiger charge is 2.16. The van der Waals surface area contributed by atoms with Crippen molar-refractivity contribution in [1.82, 2.24) is 0 Å². The van der Waals surface area contributed by atoms with Crippen molar-refractivity contribution < 1.29 is 19.0 Å². The van der Waals surface area contributed by atoms with E-state index in [1.807, 2.05) is 6.07 Å². The Morgan fingerprint density at radius 2 is 2.06 bits per heavy atom. The van der Waals surface area contributed by atoms with Gasteiger partial charge in [0.05, 0.1) is 12.7 Å². The van der Waals surface area contributed by atoms with E-state index >= 15 is 0 Å². The van der Waals surface area contributed by atoms with Gasteiger partial charge in [-0.3, -0.25) is 0 Å². The quantitative estimate of drug-likeness (QED) is 0.714. The molecule has 0 N–H and O–H groups in total. The summed E-state index contributed by atoms with van der Waals surface area (Å²) >= 11 is 0. The molecule has 0 saturated carbocycles. The second kappa shape index (κ2) is 4.53. The van der Waals surface area contributed by atoms with Gasteiger partial charge in [0.2, 0.25) is 0 Å². The van der Waals surface area contributed by atoms with Crippen LogP contribution in [-0.2, 0) is 14.2 Å². The third-order valence-corrected chi connectivity index (χ3v) is 2.10. The molecule has 1 aliphatic heterocycles. The zero-order valence-electron chi connectivity index (χ0n) is 8.67. The van der Waals surface area contributed by atoms with Crippen LogP contribution < -0.4 is 0 Å². The number of carbonyl (C=O) groups is 1. The average molecular weight is 218 g/mol. The smallest absolute Gasteiger partial charge is 0.338 e. The second-order valence-corrected chi connectivity index (χ2v) is 3.05. The summed E-state index contributed by atoms with van der Waals surface area (Å²) in [5.41, 5.74) is 1.08. The number of esters is 1. The molecule has 4 heteroatoms. The lowest BCUT2D eigenvalue weighted by Crippen LogP contribution is -2.06. The monoisotopic (exact) mass is 218 g/mol. The molecule has 0 bridgehead atoms. The lowest BCUT2D eigenvalue weighted by molar-refractivity contribution is 0.0600. The summed E-state index contributed by atoms with van der Waals surface area (Å²) in [7, 11) is 1.34. The van der Waals surface area contributed by atoms with Crippen molar-refractivity contribution in [2.75, 3.05) is 7.11 Å². The Morgan fingerprint density at radius 3 is 2.75 bits per heavy atom. The Kier molecular flexibility index (Phi) is 2.91. The van der Waals surface area contributed by atoms with Crippen molar-refractivity contribution in [3.8, 4) is 0 Å². The minimum absolute atomic E-state index is 0.408. The first-order valence-electron chi connectivity index (χ1n) is 4.68. The van der Waals surface area contributed by atoms with Crippen LogP contribution in [0, 0.1) is 0 Å². The van der Waals surface area contributed by atoms with Gasteiger partial charge in [0, 0.05) is 5.56 Å². The lowest BCUT2D eigenvalue weighted by Gasteiger charge is -2.12. The molecule has 1 aromatic carbocycles. The number of carbonyl (C=O) groups excluding carboxylic acids is 1. The fraction of sp³-hybridized carbons (Fsp3) is 0.0833. The molecule has 82 valence electrons. The molecular formula is C12H10O4. The molecule has 0 radical (unpaired) electrons. The van der Waals surface area contributed by atoms with Gasteiger partial charge in [0.1, 0.15) is 18.8 Å². The van der Waals surface area contributed by atoms with Crippen LogP contribution in [-0.4, -0.2) is 13.1 Å². The highest BCUT2D eigenvalue weighted by molar-refractivity contribution is 5.94. The van der Waals surface area contributed by atoms with Gasteiger partial charge in [-0.15, -0.1) is 0 Å². The Bertz CT molecular complexity index is 460. The molecule has 0 spiro atoms. The van der Waals surface area contributed by atoms with Crippen LogP contribution in [0.25, 0.3) is 5.76 Å². The number of hydrogen-bond donors (Lipinski definition) is 0. The number of rotatable bonds is 2. The molecule has 0 atom stereocenters. The van der Waals surface area contributed by atoms with Crippen LogP contribution in [0.1, 0.15) is 15.9 Å². The highest BCUT2D eigenvalue weighted by Crippen LogP contribution is 2.23. The summed E-state index contributed by atoms with van der Waals surface area (Å²) in [6.07, 6.45) is 4.25. The van der Waals surface area contributed by atoms with Crippen LogP contribution in [0.4, 0.5) is 0 Å². The molecule has 1 aliphatic rings. The number of methoxy groups -OCH3 is 1. The molecule has 0 amide bonds. The Hall–Kier alpha value is -2.23. The molecule has 1 aromatic rings. The van der Waals surface area contributed by atoms with Gasteiger partial charge in [0.25, 0.3) is 0 Å². The van der Waals surface area contributed by atoms with Crippen LogP contribution in [0.15, 0.2) is 43.1 Å². The van der Waals surface area contributed by atoms with Crippen LogP contribution in [0.3, 0.4) is 0 Å². The van der Waals surface area contributed by atoms with Gasteiger partial charge in [-0.05, 0) is 6.07 Å². The van der Waals surface area contributed by atoms with Crippen LogP contribution in [0.2, 0.25) is 0 Å². The van der Waals surface area contributed by atoms with E-state index in [-0.39, 0.29) is 0 Å². The van der Waals surface area contributed by atoms with Crippen molar-refractivity contribution in [2.45, 2.75) is 0 Å². The van der Waals surface area contributed by atoms with E-state index in [4.69, 9.17) is 9.47 Å². The Morgan fingerprint density at radius 1 is 1.25 bits per heavy atom. The molecule has 1 heterocycles. The van der Waals surface area contributed by atoms with Crippen molar-refractivity contribution in [3.63, 3.8) is 0 Å². The van der Waals surface area contributed by atoms with Gasteiger partial charge in [-0.1, -0.05) is 18.2 Å². The molecule has 0 aromatic heterocycles. The zero-order valence-corrected chi connectivity index (χ0v) is 8.67. The highest BCUT2D eigenvalue weighted by atomic mass is 16.5. The van der Waals surface area contributed by atoms with E-state index < -0.39 is 5.97 Å². The predicted molar refractivity (Wildman–Crippen MR) is 57.1 cm³/mol. The van der Waals surface area contributed by atoms with Gasteiger partial charge >= 0.3 is 5.97 Å². The maximum atomic E-state index is 11.5. The average Bonchev–Trinajstić information content (AvgIpc) is 2.39. The summed E-state index contributed by atoms with van der Waals surface area (Å²) in [5.74, 6) is 0.0677. The van der Waals surface area contributed by atoms with Crippen molar-refractivity contribution in [1.29, 1.82) is 0 Å². The van der Waals surface area contributed by atoms with E-state index in [0.717, 1.165) is 0 Å². The lowest BCUT2D eigenvalue weighted by atomic mass is 10.1. The van der Waals surface area contributed by atoms with Crippen molar-refractivity contribution in [3.05, 3.63) is 54.2 Å². The summed E-state index contributed by atoms with van der Waals surface area (Å²) in [6.45, 7) is 0. The fourth-order valence-corrected chi connectivity index (χ4v) is 1.37. The molecule has 0 fully saturated rings. The van der Waals surface area contributed by atoms with Gasteiger partial charge in [-0.2, -0.15) is 0 Å². The van der Waals surface area contributed by atoms with Crippen molar-refractivity contribution in [2.24, 2.45) is 0 Å². The first-order chi connectivity index (χ1) is 7.83. The molecule has 16 heavy (non-hydrogen) atoms. The maximum absolute atomic E-state index is 11.5. The predicted octanol–water partition coefficient (Wildman–Crippen LogP) is 2.29. The van der Waals surface area contributed by atoms with E-state index in [1.54, 1.807) is 18.2 Å².